The van der Waals surface area contributed by atoms with Crippen molar-refractivity contribution in [3.8, 4) is 0 Å². The highest BCUT2D eigenvalue weighted by atomic mass is 16.5. The predicted octanol–water partition coefficient (Wildman–Crippen LogP) is 0.461. The lowest BCUT2D eigenvalue weighted by Gasteiger charge is -2.19. The van der Waals surface area contributed by atoms with Gasteiger partial charge in [0.05, 0.1) is 23.5 Å². The van der Waals surface area contributed by atoms with Crippen LogP contribution in [0, 0.1) is 6.92 Å². The molecule has 7 nitrogen and oxygen atoms in total. The van der Waals surface area contributed by atoms with Crippen molar-refractivity contribution in [2.24, 2.45) is 0 Å². The molecule has 1 N–H and O–H groups in total. The van der Waals surface area contributed by atoms with Crippen LogP contribution >= 0.6 is 0 Å². The Kier molecular flexibility index (Phi) is 4.97. The number of nitrogens with zero attached hydrogens (tertiary/aromatic N) is 4. The number of ether oxygens (including phenoxy) is 1. The zero-order valence-corrected chi connectivity index (χ0v) is 13.8. The topological polar surface area (TPSA) is 78.8 Å². The molecule has 0 unspecified atom stereocenters. The van der Waals surface area contributed by atoms with E-state index in [-0.39, 0.29) is 24.7 Å². The second-order valence-electron chi connectivity index (χ2n) is 6.06. The van der Waals surface area contributed by atoms with Gasteiger partial charge in [-0.25, -0.2) is 9.97 Å². The van der Waals surface area contributed by atoms with Gasteiger partial charge in [-0.05, 0) is 20.8 Å². The van der Waals surface area contributed by atoms with Crippen LogP contribution < -0.4 is 4.90 Å². The first-order valence-corrected chi connectivity index (χ1v) is 7.43. The third-order valence-electron chi connectivity index (χ3n) is 3.57. The fourth-order valence-electron chi connectivity index (χ4n) is 2.46. The Bertz CT molecular complexity index is 548. The number of anilines is 1. The average Bonchev–Trinajstić information content (AvgIpc) is 2.78. The summed E-state index contributed by atoms with van der Waals surface area (Å²) in [6.45, 7) is 6.26. The molecule has 0 spiro atoms. The minimum Gasteiger partial charge on any atom is -0.388 e. The van der Waals surface area contributed by atoms with Gasteiger partial charge < -0.3 is 19.6 Å². The summed E-state index contributed by atoms with van der Waals surface area (Å²) in [4.78, 5) is 24.5. The number of aliphatic hydroxyl groups excluding tert-OH is 1. The molecular weight excluding hydrogens is 284 g/mol. The van der Waals surface area contributed by atoms with Crippen LogP contribution in [0.2, 0.25) is 0 Å². The molecule has 1 aromatic rings. The number of hydrogen-bond donors (Lipinski definition) is 1. The molecule has 2 rings (SSSR count). The minimum absolute atomic E-state index is 0.0131. The Balaban J connectivity index is 2.12. The monoisotopic (exact) mass is 308 g/mol. The second-order valence-corrected chi connectivity index (χ2v) is 6.06. The van der Waals surface area contributed by atoms with E-state index in [4.69, 9.17) is 4.74 Å². The maximum absolute atomic E-state index is 12.6. The van der Waals surface area contributed by atoms with Gasteiger partial charge in [0.15, 0.2) is 0 Å². The lowest BCUT2D eigenvalue weighted by Crippen LogP contribution is -2.31. The molecule has 1 aromatic heterocycles. The lowest BCUT2D eigenvalue weighted by atomic mass is 10.2. The summed E-state index contributed by atoms with van der Waals surface area (Å²) in [6.07, 6.45) is 0.558. The van der Waals surface area contributed by atoms with Crippen molar-refractivity contribution in [2.45, 2.75) is 39.1 Å². The number of likely N-dealkylation sites (tertiary alicyclic amines) is 1. The molecule has 1 saturated heterocycles. The molecule has 1 aliphatic heterocycles. The van der Waals surface area contributed by atoms with E-state index in [1.54, 1.807) is 22.9 Å². The maximum atomic E-state index is 12.6. The standard InChI is InChI=1S/C15H24N4O3/c1-9(2)22-13-8-19(7-12(13)20)14(21)11-6-16-15(18(4)5)17-10(11)3/h6,9,12-13,20H,7-8H2,1-5H3/t12-,13-/m1/s1. The van der Waals surface area contributed by atoms with E-state index >= 15 is 0 Å². The molecule has 0 aromatic carbocycles. The quantitative estimate of drug-likeness (QED) is 0.870. The SMILES string of the molecule is Cc1nc(N(C)C)ncc1C(=O)N1C[C@@H](O)[C@H](OC(C)C)C1. The fraction of sp³-hybridized carbons (Fsp3) is 0.667. The number of aliphatic hydroxyl groups is 1. The highest BCUT2D eigenvalue weighted by Crippen LogP contribution is 2.19. The van der Waals surface area contributed by atoms with Crippen LogP contribution in [0.4, 0.5) is 5.95 Å². The van der Waals surface area contributed by atoms with Crippen molar-refractivity contribution in [3.63, 3.8) is 0 Å². The number of aryl methyl sites for hydroxylation is 1. The number of hydrogen-bond acceptors (Lipinski definition) is 6. The maximum Gasteiger partial charge on any atom is 0.257 e. The smallest absolute Gasteiger partial charge is 0.257 e. The largest absolute Gasteiger partial charge is 0.388 e. The first kappa shape index (κ1) is 16.6. The zero-order chi connectivity index (χ0) is 16.4. The molecule has 122 valence electrons. The van der Waals surface area contributed by atoms with Gasteiger partial charge in [0.1, 0.15) is 6.10 Å². The molecule has 1 fully saturated rings. The number of rotatable bonds is 4. The molecule has 1 aliphatic rings. The Morgan fingerprint density at radius 3 is 2.68 bits per heavy atom. The number of β-amino-alcohol motifs (C(OH)–C–C–N with tert-alkyl or cyclic N) is 1. The molecular formula is C15H24N4O3. The van der Waals surface area contributed by atoms with Crippen molar-refractivity contribution >= 4 is 11.9 Å². The molecule has 1 amide bonds. The third-order valence-corrected chi connectivity index (χ3v) is 3.57. The second kappa shape index (κ2) is 6.58. The van der Waals surface area contributed by atoms with Crippen molar-refractivity contribution in [2.75, 3.05) is 32.1 Å². The number of amides is 1. The van der Waals surface area contributed by atoms with E-state index in [0.29, 0.717) is 23.8 Å². The van der Waals surface area contributed by atoms with Crippen LogP contribution in [0.5, 0.6) is 0 Å². The fourth-order valence-corrected chi connectivity index (χ4v) is 2.46. The molecule has 0 saturated carbocycles. The van der Waals surface area contributed by atoms with Gasteiger partial charge in [-0.1, -0.05) is 0 Å². The van der Waals surface area contributed by atoms with Gasteiger partial charge in [0.2, 0.25) is 5.95 Å². The summed E-state index contributed by atoms with van der Waals surface area (Å²) in [7, 11) is 3.70. The number of aromatic nitrogens is 2. The molecule has 0 aliphatic carbocycles. The molecule has 22 heavy (non-hydrogen) atoms. The van der Waals surface area contributed by atoms with E-state index in [0.717, 1.165) is 0 Å². The van der Waals surface area contributed by atoms with E-state index in [9.17, 15) is 9.90 Å². The van der Waals surface area contributed by atoms with Crippen LogP contribution in [0.25, 0.3) is 0 Å². The Morgan fingerprint density at radius 1 is 1.45 bits per heavy atom. The highest BCUT2D eigenvalue weighted by molar-refractivity contribution is 5.95. The summed E-state index contributed by atoms with van der Waals surface area (Å²) >= 11 is 0. The van der Waals surface area contributed by atoms with Gasteiger partial charge in [-0.15, -0.1) is 0 Å². The molecule has 2 atom stereocenters. The highest BCUT2D eigenvalue weighted by Gasteiger charge is 2.36. The predicted molar refractivity (Wildman–Crippen MR) is 83.0 cm³/mol. The Morgan fingerprint density at radius 2 is 2.14 bits per heavy atom. The Labute approximate surface area is 130 Å². The van der Waals surface area contributed by atoms with Crippen LogP contribution in [-0.2, 0) is 4.74 Å². The first-order valence-electron chi connectivity index (χ1n) is 7.43. The van der Waals surface area contributed by atoms with Gasteiger partial charge in [0, 0.05) is 33.4 Å². The normalized spacial score (nSPS) is 21.5. The summed E-state index contributed by atoms with van der Waals surface area (Å²) in [5.41, 5.74) is 1.09. The molecule has 2 heterocycles. The van der Waals surface area contributed by atoms with Gasteiger partial charge in [-0.2, -0.15) is 0 Å². The number of carbonyl (C=O) groups excluding carboxylic acids is 1. The van der Waals surface area contributed by atoms with Gasteiger partial charge >= 0.3 is 0 Å². The van der Waals surface area contributed by atoms with E-state index in [1.165, 1.54) is 0 Å². The van der Waals surface area contributed by atoms with Crippen molar-refractivity contribution in [1.29, 1.82) is 0 Å². The van der Waals surface area contributed by atoms with Crippen molar-refractivity contribution in [1.82, 2.24) is 14.9 Å². The molecule has 0 bridgehead atoms. The van der Waals surface area contributed by atoms with Crippen molar-refractivity contribution < 1.29 is 14.6 Å². The summed E-state index contributed by atoms with van der Waals surface area (Å²) < 4.78 is 5.64. The van der Waals surface area contributed by atoms with Gasteiger partial charge in [-0.3, -0.25) is 4.79 Å². The minimum atomic E-state index is -0.659. The van der Waals surface area contributed by atoms with Crippen LogP contribution in [-0.4, -0.2) is 71.4 Å². The van der Waals surface area contributed by atoms with Crippen LogP contribution in [0.15, 0.2) is 6.20 Å². The first-order chi connectivity index (χ1) is 10.3. The summed E-state index contributed by atoms with van der Waals surface area (Å²) in [5.74, 6) is 0.397. The lowest BCUT2D eigenvalue weighted by molar-refractivity contribution is -0.0394. The average molecular weight is 308 g/mol. The zero-order valence-electron chi connectivity index (χ0n) is 13.8. The Hall–Kier alpha value is -1.73. The van der Waals surface area contributed by atoms with Crippen molar-refractivity contribution in [3.05, 3.63) is 17.5 Å². The third kappa shape index (κ3) is 3.53. The summed E-state index contributed by atoms with van der Waals surface area (Å²) in [5, 5.41) is 10.0. The molecule has 0 radical (unpaired) electrons. The van der Waals surface area contributed by atoms with Crippen LogP contribution in [0.1, 0.15) is 29.9 Å². The van der Waals surface area contributed by atoms with E-state index in [1.807, 2.05) is 27.9 Å². The van der Waals surface area contributed by atoms with E-state index < -0.39 is 6.10 Å². The molecule has 7 heteroatoms. The number of carbonyl (C=O) groups is 1. The van der Waals surface area contributed by atoms with Gasteiger partial charge in [0.25, 0.3) is 5.91 Å². The van der Waals surface area contributed by atoms with Crippen LogP contribution in [0.3, 0.4) is 0 Å². The van der Waals surface area contributed by atoms with E-state index in [2.05, 4.69) is 9.97 Å². The summed E-state index contributed by atoms with van der Waals surface area (Å²) in [6, 6.07) is 0.